The van der Waals surface area contributed by atoms with Gasteiger partial charge in [-0.1, -0.05) is 31.2 Å². The van der Waals surface area contributed by atoms with Gasteiger partial charge in [-0.25, -0.2) is 4.39 Å². The second-order valence-corrected chi connectivity index (χ2v) is 7.35. The largest absolute Gasteiger partial charge is 0.321 e. The number of hydrogen-bond acceptors (Lipinski definition) is 3. The minimum absolute atomic E-state index is 0.212. The molecule has 144 valence electrons. The number of nitrogens with one attached hydrogen (secondary N) is 2. The monoisotopic (exact) mass is 378 g/mol. The van der Waals surface area contributed by atoms with Gasteiger partial charge in [0.2, 0.25) is 0 Å². The molecule has 1 atom stereocenters. The Morgan fingerprint density at radius 2 is 2.07 bits per heavy atom. The Morgan fingerprint density at radius 3 is 2.82 bits per heavy atom. The first-order valence-electron chi connectivity index (χ1n) is 9.44. The number of aromatic nitrogens is 2. The lowest BCUT2D eigenvalue weighted by Crippen LogP contribution is -2.29. The molecule has 0 saturated carbocycles. The number of carbonyl (C=O) groups is 1. The maximum Gasteiger partial charge on any atom is 0.276 e. The van der Waals surface area contributed by atoms with Crippen molar-refractivity contribution in [3.05, 3.63) is 82.4 Å². The maximum atomic E-state index is 13.2. The van der Waals surface area contributed by atoms with E-state index in [1.54, 1.807) is 12.1 Å². The number of carbonyl (C=O) groups excluding carboxylic acids is 1. The van der Waals surface area contributed by atoms with Crippen molar-refractivity contribution in [1.82, 2.24) is 15.1 Å². The molecule has 1 unspecified atom stereocenters. The van der Waals surface area contributed by atoms with E-state index in [-0.39, 0.29) is 17.6 Å². The molecular weight excluding hydrogens is 355 g/mol. The molecule has 2 heterocycles. The first-order chi connectivity index (χ1) is 13.5. The Morgan fingerprint density at radius 1 is 1.29 bits per heavy atom. The lowest BCUT2D eigenvalue weighted by atomic mass is 9.97. The highest BCUT2D eigenvalue weighted by Crippen LogP contribution is 2.28. The van der Waals surface area contributed by atoms with E-state index in [1.807, 2.05) is 35.9 Å². The van der Waals surface area contributed by atoms with Crippen molar-refractivity contribution < 1.29 is 9.18 Å². The molecule has 2 aromatic carbocycles. The molecule has 1 aliphatic heterocycles. The minimum atomic E-state index is -0.262. The van der Waals surface area contributed by atoms with Crippen LogP contribution in [-0.2, 0) is 13.1 Å². The molecule has 1 amide bonds. The fourth-order valence-electron chi connectivity index (χ4n) is 3.73. The van der Waals surface area contributed by atoms with Crippen LogP contribution < -0.4 is 10.6 Å². The number of hydrogen-bond donors (Lipinski definition) is 2. The predicted molar refractivity (Wildman–Crippen MR) is 107 cm³/mol. The van der Waals surface area contributed by atoms with Crippen LogP contribution in [0, 0.1) is 12.7 Å². The number of nitrogens with zero attached hydrogens (tertiary/aromatic N) is 2. The Bertz CT molecular complexity index is 1010. The molecule has 1 aliphatic rings. The van der Waals surface area contributed by atoms with Crippen molar-refractivity contribution in [1.29, 1.82) is 0 Å². The maximum absolute atomic E-state index is 13.2. The van der Waals surface area contributed by atoms with Gasteiger partial charge >= 0.3 is 0 Å². The summed E-state index contributed by atoms with van der Waals surface area (Å²) >= 11 is 0. The number of fused-ring (bicyclic) bond motifs is 1. The van der Waals surface area contributed by atoms with Gasteiger partial charge in [0.05, 0.1) is 6.54 Å². The van der Waals surface area contributed by atoms with Gasteiger partial charge in [-0.15, -0.1) is 0 Å². The van der Waals surface area contributed by atoms with Gasteiger partial charge in [0, 0.05) is 36.0 Å². The van der Waals surface area contributed by atoms with Crippen molar-refractivity contribution in [3.8, 4) is 0 Å². The van der Waals surface area contributed by atoms with Gasteiger partial charge in [-0.05, 0) is 42.3 Å². The van der Waals surface area contributed by atoms with E-state index in [4.69, 9.17) is 0 Å². The van der Waals surface area contributed by atoms with E-state index in [2.05, 4.69) is 22.7 Å². The first kappa shape index (κ1) is 18.4. The Kier molecular flexibility index (Phi) is 4.96. The third-order valence-electron chi connectivity index (χ3n) is 5.05. The van der Waals surface area contributed by atoms with E-state index in [9.17, 15) is 9.18 Å². The highest BCUT2D eigenvalue weighted by Gasteiger charge is 2.28. The molecule has 2 N–H and O–H groups in total. The van der Waals surface area contributed by atoms with Crippen LogP contribution in [-0.4, -0.2) is 22.2 Å². The van der Waals surface area contributed by atoms with E-state index in [0.29, 0.717) is 18.8 Å². The van der Waals surface area contributed by atoms with Crippen LogP contribution in [0.5, 0.6) is 0 Å². The standard InChI is InChI=1S/C22H23FN4O/c1-14-4-3-5-18(10-14)25-22(28)20-19-12-24-11-15(2)21(19)27(26-20)13-16-6-8-17(23)9-7-16/h3-10,15,24H,11-13H2,1-2H3,(H,25,28). The second kappa shape index (κ2) is 7.56. The Labute approximate surface area is 163 Å². The predicted octanol–water partition coefficient (Wildman–Crippen LogP) is 3.84. The van der Waals surface area contributed by atoms with Crippen LogP contribution in [0.15, 0.2) is 48.5 Å². The number of rotatable bonds is 4. The van der Waals surface area contributed by atoms with Gasteiger partial charge < -0.3 is 10.6 Å². The average molecular weight is 378 g/mol. The average Bonchev–Trinajstić information content (AvgIpc) is 3.03. The summed E-state index contributed by atoms with van der Waals surface area (Å²) in [5, 5.41) is 11.0. The van der Waals surface area contributed by atoms with Gasteiger partial charge in [0.15, 0.2) is 5.69 Å². The van der Waals surface area contributed by atoms with Gasteiger partial charge in [0.25, 0.3) is 5.91 Å². The molecule has 5 nitrogen and oxygen atoms in total. The van der Waals surface area contributed by atoms with E-state index in [0.717, 1.165) is 34.6 Å². The number of anilines is 1. The SMILES string of the molecule is Cc1cccc(NC(=O)c2nn(Cc3ccc(F)cc3)c3c2CNCC3C)c1. The van der Waals surface area contributed by atoms with Crippen molar-refractivity contribution in [2.75, 3.05) is 11.9 Å². The molecule has 28 heavy (non-hydrogen) atoms. The first-order valence-corrected chi connectivity index (χ1v) is 9.44. The third kappa shape index (κ3) is 3.68. The van der Waals surface area contributed by atoms with Crippen molar-refractivity contribution in [3.63, 3.8) is 0 Å². The topological polar surface area (TPSA) is 59.0 Å². The summed E-state index contributed by atoms with van der Waals surface area (Å²) in [5.41, 5.74) is 5.23. The van der Waals surface area contributed by atoms with Crippen molar-refractivity contribution in [2.24, 2.45) is 0 Å². The molecule has 0 saturated heterocycles. The lowest BCUT2D eigenvalue weighted by molar-refractivity contribution is 0.102. The molecule has 0 bridgehead atoms. The van der Waals surface area contributed by atoms with E-state index in [1.165, 1.54) is 12.1 Å². The summed E-state index contributed by atoms with van der Waals surface area (Å²) in [7, 11) is 0. The normalized spacial score (nSPS) is 15.9. The number of aryl methyl sites for hydroxylation is 1. The zero-order valence-electron chi connectivity index (χ0n) is 16.0. The van der Waals surface area contributed by atoms with Crippen molar-refractivity contribution >= 4 is 11.6 Å². The van der Waals surface area contributed by atoms with Crippen LogP contribution in [0.1, 0.15) is 45.7 Å². The number of benzene rings is 2. The lowest BCUT2D eigenvalue weighted by Gasteiger charge is -2.22. The minimum Gasteiger partial charge on any atom is -0.321 e. The zero-order valence-corrected chi connectivity index (χ0v) is 16.0. The van der Waals surface area contributed by atoms with Crippen LogP contribution >= 0.6 is 0 Å². The quantitative estimate of drug-likeness (QED) is 0.725. The van der Waals surface area contributed by atoms with Gasteiger partial charge in [-0.2, -0.15) is 5.10 Å². The summed E-state index contributed by atoms with van der Waals surface area (Å²) in [6.45, 7) is 6.06. The highest BCUT2D eigenvalue weighted by atomic mass is 19.1. The fraction of sp³-hybridized carbons (Fsp3) is 0.273. The molecule has 3 aromatic rings. The molecule has 0 fully saturated rings. The van der Waals surface area contributed by atoms with Crippen LogP contribution in [0.3, 0.4) is 0 Å². The Balaban J connectivity index is 1.67. The third-order valence-corrected chi connectivity index (χ3v) is 5.05. The van der Waals surface area contributed by atoms with Gasteiger partial charge in [0.1, 0.15) is 5.82 Å². The number of halogens is 1. The highest BCUT2D eigenvalue weighted by molar-refractivity contribution is 6.04. The summed E-state index contributed by atoms with van der Waals surface area (Å²) < 4.78 is 15.1. The van der Waals surface area contributed by atoms with Crippen molar-refractivity contribution in [2.45, 2.75) is 32.9 Å². The van der Waals surface area contributed by atoms with Crippen LogP contribution in [0.2, 0.25) is 0 Å². The summed E-state index contributed by atoms with van der Waals surface area (Å²) in [6.07, 6.45) is 0. The van der Waals surface area contributed by atoms with E-state index < -0.39 is 0 Å². The molecule has 0 aliphatic carbocycles. The molecule has 6 heteroatoms. The van der Waals surface area contributed by atoms with Crippen LogP contribution in [0.25, 0.3) is 0 Å². The molecule has 0 spiro atoms. The summed E-state index contributed by atoms with van der Waals surface area (Å²) in [4.78, 5) is 13.0. The number of amides is 1. The van der Waals surface area contributed by atoms with Crippen LogP contribution in [0.4, 0.5) is 10.1 Å². The zero-order chi connectivity index (χ0) is 19.7. The Hall–Kier alpha value is -2.99. The molecule has 1 aromatic heterocycles. The summed E-state index contributed by atoms with van der Waals surface area (Å²) in [5.74, 6) is -0.241. The second-order valence-electron chi connectivity index (χ2n) is 7.35. The fourth-order valence-corrected chi connectivity index (χ4v) is 3.73. The smallest absolute Gasteiger partial charge is 0.276 e. The molecule has 4 rings (SSSR count). The van der Waals surface area contributed by atoms with E-state index >= 15 is 0 Å². The van der Waals surface area contributed by atoms with Gasteiger partial charge in [-0.3, -0.25) is 9.48 Å². The molecular formula is C22H23FN4O. The summed E-state index contributed by atoms with van der Waals surface area (Å²) in [6, 6.07) is 14.1. The molecule has 0 radical (unpaired) electrons.